The van der Waals surface area contributed by atoms with Crippen LogP contribution in [0.3, 0.4) is 0 Å². The molecule has 2 aromatic heterocycles. The Hall–Kier alpha value is -4.04. The van der Waals surface area contributed by atoms with Gasteiger partial charge in [0.15, 0.2) is 0 Å². The number of benzene rings is 2. The van der Waals surface area contributed by atoms with Crippen molar-refractivity contribution in [3.05, 3.63) is 87.7 Å². The van der Waals surface area contributed by atoms with Gasteiger partial charge >= 0.3 is 5.97 Å². The summed E-state index contributed by atoms with van der Waals surface area (Å²) in [4.78, 5) is 27.4. The molecule has 0 amide bonds. The Morgan fingerprint density at radius 2 is 1.94 bits per heavy atom. The quantitative estimate of drug-likeness (QED) is 0.328. The number of furan rings is 1. The Labute approximate surface area is 201 Å². The highest BCUT2D eigenvalue weighted by Crippen LogP contribution is 2.34. The smallest absolute Gasteiger partial charge is 0.338 e. The Morgan fingerprint density at radius 1 is 1.11 bits per heavy atom. The van der Waals surface area contributed by atoms with Crippen LogP contribution in [0.5, 0.6) is 17.2 Å². The Bertz CT molecular complexity index is 1400. The minimum atomic E-state index is -0.395. The summed E-state index contributed by atoms with van der Waals surface area (Å²) in [5.41, 5.74) is 1.43. The summed E-state index contributed by atoms with van der Waals surface area (Å²) in [5, 5.41) is 0.410. The molecule has 3 heterocycles. The monoisotopic (exact) mass is 475 g/mol. The molecule has 0 spiro atoms. The minimum Gasteiger partial charge on any atom is -0.478 e. The van der Waals surface area contributed by atoms with Crippen LogP contribution in [0.4, 0.5) is 0 Å². The lowest BCUT2D eigenvalue weighted by Crippen LogP contribution is -2.31. The molecular formula is C27H25NO7. The summed E-state index contributed by atoms with van der Waals surface area (Å²) < 4.78 is 28.5. The zero-order valence-electron chi connectivity index (χ0n) is 19.5. The van der Waals surface area contributed by atoms with Crippen LogP contribution in [0.25, 0.3) is 11.0 Å². The number of hydrogen-bond acceptors (Lipinski definition) is 8. The van der Waals surface area contributed by atoms with Crippen molar-refractivity contribution in [2.75, 3.05) is 13.3 Å². The number of carbonyl (C=O) groups excluding carboxylic acids is 1. The van der Waals surface area contributed by atoms with E-state index in [4.69, 9.17) is 23.0 Å². The molecular weight excluding hydrogens is 450 g/mol. The first-order chi connectivity index (χ1) is 17.0. The van der Waals surface area contributed by atoms with E-state index in [1.165, 1.54) is 0 Å². The molecule has 1 aliphatic rings. The third-order valence-corrected chi connectivity index (χ3v) is 5.73. The first-order valence-electron chi connectivity index (χ1n) is 11.5. The fraction of sp³-hybridized carbons (Fsp3) is 0.259. The summed E-state index contributed by atoms with van der Waals surface area (Å²) in [6, 6.07) is 13.7. The standard InChI is InChI=1S/C27H25NO7/c1-3-12-32-27(30)18-6-8-19(9-7-18)35-25-17(2)34-26-21(24(25)29)10-11-23-22(26)15-28(16-33-23)14-20-5-4-13-31-20/h4-11,13H,3,12,14-16H2,1-2H3. The van der Waals surface area contributed by atoms with Gasteiger partial charge in [-0.25, -0.2) is 4.79 Å². The number of rotatable bonds is 7. The number of aryl methyl sites for hydroxylation is 1. The van der Waals surface area contributed by atoms with Crippen LogP contribution in [0.1, 0.15) is 40.8 Å². The van der Waals surface area contributed by atoms with Crippen LogP contribution >= 0.6 is 0 Å². The van der Waals surface area contributed by atoms with E-state index in [-0.39, 0.29) is 11.2 Å². The van der Waals surface area contributed by atoms with E-state index < -0.39 is 5.97 Å². The molecule has 0 saturated carbocycles. The predicted molar refractivity (Wildman–Crippen MR) is 128 cm³/mol. The number of ether oxygens (including phenoxy) is 3. The molecule has 180 valence electrons. The van der Waals surface area contributed by atoms with Crippen molar-refractivity contribution in [2.24, 2.45) is 0 Å². The summed E-state index contributed by atoms with van der Waals surface area (Å²) in [6.45, 7) is 5.52. The highest BCUT2D eigenvalue weighted by atomic mass is 16.5. The lowest BCUT2D eigenvalue weighted by molar-refractivity contribution is 0.0505. The summed E-state index contributed by atoms with van der Waals surface area (Å²) in [5.74, 6) is 1.99. The van der Waals surface area contributed by atoms with E-state index in [9.17, 15) is 9.59 Å². The molecule has 2 aromatic carbocycles. The maximum absolute atomic E-state index is 13.3. The second-order valence-electron chi connectivity index (χ2n) is 8.34. The van der Waals surface area contributed by atoms with Crippen molar-refractivity contribution in [2.45, 2.75) is 33.4 Å². The van der Waals surface area contributed by atoms with Crippen LogP contribution < -0.4 is 14.9 Å². The van der Waals surface area contributed by atoms with Crippen LogP contribution in [0, 0.1) is 6.92 Å². The third-order valence-electron chi connectivity index (χ3n) is 5.73. The molecule has 0 saturated heterocycles. The number of nitrogens with zero attached hydrogens (tertiary/aromatic N) is 1. The van der Waals surface area contributed by atoms with Gasteiger partial charge in [-0.15, -0.1) is 0 Å². The van der Waals surface area contributed by atoms with Crippen molar-refractivity contribution in [3.63, 3.8) is 0 Å². The Balaban J connectivity index is 1.41. The number of hydrogen-bond donors (Lipinski definition) is 0. The second kappa shape index (κ2) is 9.68. The lowest BCUT2D eigenvalue weighted by atomic mass is 10.1. The zero-order chi connectivity index (χ0) is 24.4. The third kappa shape index (κ3) is 4.65. The average molecular weight is 475 g/mol. The van der Waals surface area contributed by atoms with E-state index in [0.717, 1.165) is 17.7 Å². The van der Waals surface area contributed by atoms with Gasteiger partial charge in [0.05, 0.1) is 35.9 Å². The van der Waals surface area contributed by atoms with Crippen molar-refractivity contribution < 1.29 is 27.8 Å². The van der Waals surface area contributed by atoms with Crippen LogP contribution in [0.15, 0.2) is 68.4 Å². The minimum absolute atomic E-state index is 0.0999. The molecule has 0 bridgehead atoms. The fourth-order valence-electron chi connectivity index (χ4n) is 4.00. The highest BCUT2D eigenvalue weighted by molar-refractivity contribution is 5.89. The van der Waals surface area contributed by atoms with E-state index in [2.05, 4.69) is 4.90 Å². The lowest BCUT2D eigenvalue weighted by Gasteiger charge is -2.28. The maximum atomic E-state index is 13.3. The van der Waals surface area contributed by atoms with Crippen molar-refractivity contribution >= 4 is 16.9 Å². The van der Waals surface area contributed by atoms with Crippen LogP contribution in [-0.2, 0) is 17.8 Å². The molecule has 5 rings (SSSR count). The number of carbonyl (C=O) groups is 1. The highest BCUT2D eigenvalue weighted by Gasteiger charge is 2.24. The summed E-state index contributed by atoms with van der Waals surface area (Å²) in [7, 11) is 0. The molecule has 0 fully saturated rings. The summed E-state index contributed by atoms with van der Waals surface area (Å²) in [6.07, 6.45) is 2.39. The molecule has 4 aromatic rings. The average Bonchev–Trinajstić information content (AvgIpc) is 3.38. The van der Waals surface area contributed by atoms with Gasteiger partial charge in [0, 0.05) is 6.54 Å². The van der Waals surface area contributed by atoms with E-state index >= 15 is 0 Å². The Morgan fingerprint density at radius 3 is 2.69 bits per heavy atom. The summed E-state index contributed by atoms with van der Waals surface area (Å²) >= 11 is 0. The van der Waals surface area contributed by atoms with Gasteiger partial charge in [-0.1, -0.05) is 6.92 Å². The van der Waals surface area contributed by atoms with Gasteiger partial charge in [-0.05, 0) is 61.9 Å². The zero-order valence-corrected chi connectivity index (χ0v) is 19.5. The fourth-order valence-corrected chi connectivity index (χ4v) is 4.00. The largest absolute Gasteiger partial charge is 0.478 e. The number of esters is 1. The van der Waals surface area contributed by atoms with E-state index in [0.29, 0.717) is 60.2 Å². The van der Waals surface area contributed by atoms with Crippen molar-refractivity contribution in [1.82, 2.24) is 4.90 Å². The first-order valence-corrected chi connectivity index (χ1v) is 11.5. The molecule has 0 unspecified atom stereocenters. The molecule has 0 atom stereocenters. The second-order valence-corrected chi connectivity index (χ2v) is 8.34. The Kier molecular flexibility index (Phi) is 6.29. The van der Waals surface area contributed by atoms with Gasteiger partial charge in [-0.2, -0.15) is 0 Å². The molecule has 0 radical (unpaired) electrons. The normalized spacial score (nSPS) is 13.3. The predicted octanol–water partition coefficient (Wildman–Crippen LogP) is 5.41. The maximum Gasteiger partial charge on any atom is 0.338 e. The molecule has 0 N–H and O–H groups in total. The van der Waals surface area contributed by atoms with Gasteiger partial charge in [0.2, 0.25) is 11.2 Å². The molecule has 0 aliphatic carbocycles. The van der Waals surface area contributed by atoms with Gasteiger partial charge < -0.3 is 23.0 Å². The van der Waals surface area contributed by atoms with Gasteiger partial charge in [0.1, 0.15) is 35.3 Å². The van der Waals surface area contributed by atoms with E-state index in [1.54, 1.807) is 49.6 Å². The number of fused-ring (bicyclic) bond motifs is 3. The SMILES string of the molecule is CCCOC(=O)c1ccc(Oc2c(C)oc3c4c(ccc3c2=O)OCN(Cc2ccco2)C4)cc1. The van der Waals surface area contributed by atoms with Gasteiger partial charge in [0.25, 0.3) is 0 Å². The topological polar surface area (TPSA) is 91.4 Å². The molecule has 8 heteroatoms. The van der Waals surface area contributed by atoms with E-state index in [1.807, 2.05) is 19.1 Å². The van der Waals surface area contributed by atoms with Crippen LogP contribution in [-0.4, -0.2) is 24.2 Å². The van der Waals surface area contributed by atoms with Crippen LogP contribution in [0.2, 0.25) is 0 Å². The van der Waals surface area contributed by atoms with Crippen molar-refractivity contribution in [3.8, 4) is 17.2 Å². The molecule has 35 heavy (non-hydrogen) atoms. The molecule has 1 aliphatic heterocycles. The van der Waals surface area contributed by atoms with Crippen molar-refractivity contribution in [1.29, 1.82) is 0 Å². The van der Waals surface area contributed by atoms with Gasteiger partial charge in [-0.3, -0.25) is 9.69 Å². The molecule has 8 nitrogen and oxygen atoms in total. The first kappa shape index (κ1) is 22.7.